The number of aryl methyl sites for hydroxylation is 1. The van der Waals surface area contributed by atoms with E-state index in [1.165, 1.54) is 11.1 Å². The molecule has 0 heterocycles. The van der Waals surface area contributed by atoms with Gasteiger partial charge in [0.15, 0.2) is 0 Å². The molecule has 0 radical (unpaired) electrons. The molecule has 0 aliphatic rings. The predicted octanol–water partition coefficient (Wildman–Crippen LogP) is 4.19. The maximum atomic E-state index is 5.52. The Balaban J connectivity index is 2.90. The third-order valence-electron chi connectivity index (χ3n) is 3.00. The zero-order chi connectivity index (χ0) is 14.3. The average molecular weight is 281 g/mol. The molecular formula is C16H27NOS. The molecule has 0 aliphatic heterocycles. The summed E-state index contributed by atoms with van der Waals surface area (Å²) < 4.78 is 5.52. The summed E-state index contributed by atoms with van der Waals surface area (Å²) in [6, 6.07) is 6.79. The van der Waals surface area contributed by atoms with E-state index in [4.69, 9.17) is 4.74 Å². The van der Waals surface area contributed by atoms with E-state index in [0.717, 1.165) is 24.5 Å². The molecule has 1 rings (SSSR count). The Bertz CT molecular complexity index is 379. The lowest BCUT2D eigenvalue weighted by atomic mass is 10.0. The highest BCUT2D eigenvalue weighted by atomic mass is 32.2. The van der Waals surface area contributed by atoms with Crippen LogP contribution in [0.3, 0.4) is 0 Å². The second-order valence-electron chi connectivity index (χ2n) is 5.13. The molecule has 3 heteroatoms. The predicted molar refractivity (Wildman–Crippen MR) is 86.4 cm³/mol. The van der Waals surface area contributed by atoms with Crippen LogP contribution < -0.4 is 10.1 Å². The van der Waals surface area contributed by atoms with Crippen molar-refractivity contribution in [1.29, 1.82) is 0 Å². The van der Waals surface area contributed by atoms with E-state index in [-0.39, 0.29) is 0 Å². The largest absolute Gasteiger partial charge is 0.496 e. The first-order valence-electron chi connectivity index (χ1n) is 7.08. The maximum absolute atomic E-state index is 5.52. The summed E-state index contributed by atoms with van der Waals surface area (Å²) in [5, 5.41) is 4.30. The Labute approximate surface area is 122 Å². The average Bonchev–Trinajstić information content (AvgIpc) is 2.38. The molecule has 1 aromatic rings. The van der Waals surface area contributed by atoms with E-state index in [1.54, 1.807) is 7.11 Å². The van der Waals surface area contributed by atoms with E-state index >= 15 is 0 Å². The van der Waals surface area contributed by atoms with Gasteiger partial charge in [0.2, 0.25) is 0 Å². The summed E-state index contributed by atoms with van der Waals surface area (Å²) in [4.78, 5) is 0. The van der Waals surface area contributed by atoms with Gasteiger partial charge in [-0.15, -0.1) is 0 Å². The van der Waals surface area contributed by atoms with Gasteiger partial charge in [-0.05, 0) is 31.2 Å². The Morgan fingerprint density at radius 3 is 2.63 bits per heavy atom. The van der Waals surface area contributed by atoms with Crippen molar-refractivity contribution in [1.82, 2.24) is 5.32 Å². The first kappa shape index (κ1) is 16.4. The second-order valence-corrected chi connectivity index (χ2v) is 6.74. The number of hydrogen-bond donors (Lipinski definition) is 1. The number of nitrogens with one attached hydrogen (secondary N) is 1. The van der Waals surface area contributed by atoms with E-state index in [0.29, 0.717) is 11.3 Å². The van der Waals surface area contributed by atoms with Crippen molar-refractivity contribution in [2.75, 3.05) is 19.4 Å². The molecule has 0 saturated heterocycles. The smallest absolute Gasteiger partial charge is 0.123 e. The van der Waals surface area contributed by atoms with Gasteiger partial charge in [-0.25, -0.2) is 0 Å². The first-order chi connectivity index (χ1) is 9.08. The molecule has 0 fully saturated rings. The Morgan fingerprint density at radius 1 is 1.32 bits per heavy atom. The van der Waals surface area contributed by atoms with Crippen LogP contribution in [-0.4, -0.2) is 24.7 Å². The lowest BCUT2D eigenvalue weighted by Gasteiger charge is -2.22. The van der Waals surface area contributed by atoms with Gasteiger partial charge in [-0.3, -0.25) is 0 Å². The first-order valence-corrected chi connectivity index (χ1v) is 8.12. The third-order valence-corrected chi connectivity index (χ3v) is 4.19. The van der Waals surface area contributed by atoms with Crippen molar-refractivity contribution in [3.05, 3.63) is 29.3 Å². The van der Waals surface area contributed by atoms with Gasteiger partial charge in [0, 0.05) is 17.4 Å². The van der Waals surface area contributed by atoms with Crippen LogP contribution in [0.4, 0.5) is 0 Å². The van der Waals surface area contributed by atoms with Gasteiger partial charge >= 0.3 is 0 Å². The number of hydrogen-bond acceptors (Lipinski definition) is 3. The summed E-state index contributed by atoms with van der Waals surface area (Å²) in [6.45, 7) is 9.87. The SMILES string of the molecule is CCCNC(CSC(C)C)c1cc(C)ccc1OC. The summed E-state index contributed by atoms with van der Waals surface area (Å²) in [7, 11) is 1.75. The minimum Gasteiger partial charge on any atom is -0.496 e. The summed E-state index contributed by atoms with van der Waals surface area (Å²) in [5.41, 5.74) is 2.57. The number of methoxy groups -OCH3 is 1. The van der Waals surface area contributed by atoms with Crippen LogP contribution in [-0.2, 0) is 0 Å². The minimum absolute atomic E-state index is 0.363. The van der Waals surface area contributed by atoms with Crippen LogP contribution in [0.5, 0.6) is 5.75 Å². The molecule has 0 bridgehead atoms. The monoisotopic (exact) mass is 281 g/mol. The summed E-state index contributed by atoms with van der Waals surface area (Å²) in [6.07, 6.45) is 1.15. The third kappa shape index (κ3) is 5.45. The molecule has 1 unspecified atom stereocenters. The Kier molecular flexibility index (Phi) is 7.32. The fraction of sp³-hybridized carbons (Fsp3) is 0.625. The highest BCUT2D eigenvalue weighted by molar-refractivity contribution is 7.99. The van der Waals surface area contributed by atoms with Gasteiger partial charge in [0.05, 0.1) is 7.11 Å². The number of benzene rings is 1. The topological polar surface area (TPSA) is 21.3 Å². The van der Waals surface area contributed by atoms with Gasteiger partial charge in [0.1, 0.15) is 5.75 Å². The highest BCUT2D eigenvalue weighted by Gasteiger charge is 2.16. The van der Waals surface area contributed by atoms with Crippen LogP contribution in [0.1, 0.15) is 44.4 Å². The molecule has 0 aliphatic carbocycles. The second kappa shape index (κ2) is 8.49. The zero-order valence-electron chi connectivity index (χ0n) is 12.8. The summed E-state index contributed by atoms with van der Waals surface area (Å²) in [5.74, 6) is 2.07. The molecule has 0 saturated carbocycles. The lowest BCUT2D eigenvalue weighted by molar-refractivity contribution is 0.402. The van der Waals surface area contributed by atoms with E-state index < -0.39 is 0 Å². The quantitative estimate of drug-likeness (QED) is 0.772. The lowest BCUT2D eigenvalue weighted by Crippen LogP contribution is -2.25. The molecule has 0 amide bonds. The van der Waals surface area contributed by atoms with Crippen molar-refractivity contribution in [3.63, 3.8) is 0 Å². The zero-order valence-corrected chi connectivity index (χ0v) is 13.6. The molecule has 1 aromatic carbocycles. The fourth-order valence-corrected chi connectivity index (χ4v) is 2.87. The molecule has 1 atom stereocenters. The van der Waals surface area contributed by atoms with Crippen LogP contribution in [0.15, 0.2) is 18.2 Å². The maximum Gasteiger partial charge on any atom is 0.123 e. The number of ether oxygens (including phenoxy) is 1. The number of rotatable bonds is 8. The minimum atomic E-state index is 0.363. The van der Waals surface area contributed by atoms with E-state index in [2.05, 4.69) is 51.2 Å². The molecule has 108 valence electrons. The molecule has 0 spiro atoms. The van der Waals surface area contributed by atoms with Gasteiger partial charge in [0.25, 0.3) is 0 Å². The van der Waals surface area contributed by atoms with Crippen LogP contribution >= 0.6 is 11.8 Å². The van der Waals surface area contributed by atoms with Crippen LogP contribution in [0.25, 0.3) is 0 Å². The number of thioether (sulfide) groups is 1. The summed E-state index contributed by atoms with van der Waals surface area (Å²) >= 11 is 1.99. The molecule has 1 N–H and O–H groups in total. The Hall–Kier alpha value is -0.670. The van der Waals surface area contributed by atoms with E-state index in [1.807, 2.05) is 11.8 Å². The Morgan fingerprint density at radius 2 is 2.05 bits per heavy atom. The fourth-order valence-electron chi connectivity index (χ4n) is 1.99. The van der Waals surface area contributed by atoms with E-state index in [9.17, 15) is 0 Å². The van der Waals surface area contributed by atoms with Crippen molar-refractivity contribution in [2.24, 2.45) is 0 Å². The molecule has 2 nitrogen and oxygen atoms in total. The molecular weight excluding hydrogens is 254 g/mol. The van der Waals surface area contributed by atoms with Crippen LogP contribution in [0.2, 0.25) is 0 Å². The highest BCUT2D eigenvalue weighted by Crippen LogP contribution is 2.29. The van der Waals surface area contributed by atoms with Crippen molar-refractivity contribution in [3.8, 4) is 5.75 Å². The standard InChI is InChI=1S/C16H27NOS/c1-6-9-17-15(11-19-12(2)3)14-10-13(4)7-8-16(14)18-5/h7-8,10,12,15,17H,6,9,11H2,1-5H3. The molecule has 19 heavy (non-hydrogen) atoms. The normalized spacial score (nSPS) is 12.7. The van der Waals surface area contributed by atoms with Gasteiger partial charge in [-0.2, -0.15) is 11.8 Å². The van der Waals surface area contributed by atoms with Crippen molar-refractivity contribution >= 4 is 11.8 Å². The van der Waals surface area contributed by atoms with Crippen molar-refractivity contribution in [2.45, 2.75) is 45.4 Å². The van der Waals surface area contributed by atoms with Gasteiger partial charge < -0.3 is 10.1 Å². The van der Waals surface area contributed by atoms with Crippen molar-refractivity contribution < 1.29 is 4.74 Å². The van der Waals surface area contributed by atoms with Gasteiger partial charge in [-0.1, -0.05) is 38.5 Å². The molecule has 0 aromatic heterocycles. The van der Waals surface area contributed by atoms with Crippen LogP contribution in [0, 0.1) is 6.92 Å².